The summed E-state index contributed by atoms with van der Waals surface area (Å²) in [5.41, 5.74) is 0. The molecule has 0 fully saturated rings. The van der Waals surface area contributed by atoms with Crippen LogP contribution in [0.25, 0.3) is 0 Å². The van der Waals surface area contributed by atoms with E-state index in [1.54, 1.807) is 0 Å². The van der Waals surface area contributed by atoms with Gasteiger partial charge in [-0.15, -0.1) is 0 Å². The second kappa shape index (κ2) is 5.53. The van der Waals surface area contributed by atoms with Crippen molar-refractivity contribution in [2.75, 3.05) is 0 Å². The fourth-order valence-electron chi connectivity index (χ4n) is 0.143. The molecule has 0 spiro atoms. The third kappa shape index (κ3) is 11.1. The Morgan fingerprint density at radius 2 is 1.22 bits per heavy atom. The van der Waals surface area contributed by atoms with Gasteiger partial charge in [-0.05, 0) is 0 Å². The van der Waals surface area contributed by atoms with Crippen LogP contribution in [0.5, 0.6) is 0 Å². The molecule has 0 bridgehead atoms. The van der Waals surface area contributed by atoms with E-state index in [1.165, 1.54) is 0 Å². The molecule has 0 aromatic carbocycles. The van der Waals surface area contributed by atoms with Crippen molar-refractivity contribution in [1.82, 2.24) is 0 Å². The molecule has 0 rings (SSSR count). The van der Waals surface area contributed by atoms with Crippen molar-refractivity contribution in [1.29, 1.82) is 0 Å². The van der Waals surface area contributed by atoms with Gasteiger partial charge in [0.2, 0.25) is 0 Å². The van der Waals surface area contributed by atoms with Gasteiger partial charge in [-0.2, -0.15) is 0 Å². The van der Waals surface area contributed by atoms with Gasteiger partial charge in [-0.25, -0.2) is 9.59 Å². The van der Waals surface area contributed by atoms with Gasteiger partial charge < -0.3 is 10.2 Å². The van der Waals surface area contributed by atoms with Crippen molar-refractivity contribution in [2.24, 2.45) is 0 Å². The summed E-state index contributed by atoms with van der Waals surface area (Å²) in [6.45, 7) is 0. The molecule has 0 heterocycles. The number of carbonyl (C=O) groups is 2. The van der Waals surface area contributed by atoms with E-state index in [9.17, 15) is 9.59 Å². The molecule has 0 aromatic rings. The van der Waals surface area contributed by atoms with Crippen LogP contribution >= 0.6 is 0 Å². The first-order valence-corrected chi connectivity index (χ1v) is 1.77. The maximum absolute atomic E-state index is 9.55. The molecule has 0 aliphatic carbocycles. The Kier molecular flexibility index (Phi) is 6.90. The zero-order valence-electron chi connectivity index (χ0n) is 4.37. The van der Waals surface area contributed by atoms with E-state index in [-0.39, 0.29) is 21.7 Å². The SMILES string of the molecule is O=C(O)C=CC(=O)O.[Ti]. The standard InChI is InChI=1S/C4H4O4.Ti/c5-3(6)1-2-4(7)8;/h1-2H,(H,5,6)(H,7,8);. The number of hydrogen-bond donors (Lipinski definition) is 2. The second-order valence-corrected chi connectivity index (χ2v) is 1.01. The number of hydrogen-bond acceptors (Lipinski definition) is 2. The van der Waals surface area contributed by atoms with Gasteiger partial charge in [0.05, 0.1) is 0 Å². The molecule has 0 radical (unpaired) electrons. The van der Waals surface area contributed by atoms with E-state index in [0.717, 1.165) is 0 Å². The van der Waals surface area contributed by atoms with Gasteiger partial charge in [0.1, 0.15) is 0 Å². The van der Waals surface area contributed by atoms with Crippen LogP contribution in [0.4, 0.5) is 0 Å². The van der Waals surface area contributed by atoms with Crippen molar-refractivity contribution >= 4 is 11.9 Å². The van der Waals surface area contributed by atoms with Crippen molar-refractivity contribution in [3.8, 4) is 0 Å². The first-order chi connectivity index (χ1) is 3.63. The van der Waals surface area contributed by atoms with Gasteiger partial charge in [-0.3, -0.25) is 0 Å². The predicted octanol–water partition coefficient (Wildman–Crippen LogP) is -0.291. The van der Waals surface area contributed by atoms with Crippen molar-refractivity contribution in [2.45, 2.75) is 0 Å². The molecule has 0 unspecified atom stereocenters. The zero-order valence-corrected chi connectivity index (χ0v) is 5.93. The van der Waals surface area contributed by atoms with Crippen molar-refractivity contribution in [3.05, 3.63) is 12.2 Å². The van der Waals surface area contributed by atoms with Crippen LogP contribution < -0.4 is 0 Å². The first-order valence-electron chi connectivity index (χ1n) is 1.77. The van der Waals surface area contributed by atoms with E-state index < -0.39 is 11.9 Å². The summed E-state index contributed by atoms with van der Waals surface area (Å²) in [5, 5.41) is 15.6. The minimum absolute atomic E-state index is 0. The molecule has 5 heteroatoms. The van der Waals surface area contributed by atoms with E-state index in [2.05, 4.69) is 0 Å². The van der Waals surface area contributed by atoms with Gasteiger partial charge in [0, 0.05) is 33.9 Å². The Morgan fingerprint density at radius 1 is 1.00 bits per heavy atom. The van der Waals surface area contributed by atoms with Crippen LogP contribution in [-0.4, -0.2) is 22.2 Å². The molecule has 0 aromatic heterocycles. The Labute approximate surface area is 66.1 Å². The summed E-state index contributed by atoms with van der Waals surface area (Å²) < 4.78 is 0. The van der Waals surface area contributed by atoms with Crippen LogP contribution in [0.15, 0.2) is 12.2 Å². The van der Waals surface area contributed by atoms with Gasteiger partial charge in [0.25, 0.3) is 0 Å². The molecule has 2 N–H and O–H groups in total. The summed E-state index contributed by atoms with van der Waals surface area (Å²) in [6.07, 6.45) is 1.12. The first kappa shape index (κ1) is 11.2. The number of aliphatic carboxylic acids is 2. The van der Waals surface area contributed by atoms with E-state index in [1.807, 2.05) is 0 Å². The molecule has 0 amide bonds. The molecule has 0 saturated carbocycles. The molecule has 0 aliphatic rings. The fourth-order valence-corrected chi connectivity index (χ4v) is 0.143. The topological polar surface area (TPSA) is 74.6 Å². The molecular formula is C4H4O4Ti. The van der Waals surface area contributed by atoms with Gasteiger partial charge >= 0.3 is 11.9 Å². The number of rotatable bonds is 2. The third-order valence-corrected chi connectivity index (χ3v) is 0.368. The largest absolute Gasteiger partial charge is 0.478 e. The van der Waals surface area contributed by atoms with E-state index >= 15 is 0 Å². The van der Waals surface area contributed by atoms with Crippen LogP contribution in [-0.2, 0) is 31.3 Å². The average molecular weight is 164 g/mol. The van der Waals surface area contributed by atoms with E-state index in [0.29, 0.717) is 12.2 Å². The summed E-state index contributed by atoms with van der Waals surface area (Å²) >= 11 is 0. The van der Waals surface area contributed by atoms with Crippen LogP contribution in [0.2, 0.25) is 0 Å². The average Bonchev–Trinajstić information content (AvgIpc) is 1.61. The van der Waals surface area contributed by atoms with Crippen molar-refractivity contribution in [3.63, 3.8) is 0 Å². The van der Waals surface area contributed by atoms with Crippen LogP contribution in [0.1, 0.15) is 0 Å². The number of carboxylic acids is 2. The molecule has 9 heavy (non-hydrogen) atoms. The van der Waals surface area contributed by atoms with Crippen LogP contribution in [0, 0.1) is 0 Å². The Bertz CT molecular complexity index is 124. The maximum atomic E-state index is 9.55. The predicted molar refractivity (Wildman–Crippen MR) is 24.4 cm³/mol. The summed E-state index contributed by atoms with van der Waals surface area (Å²) in [7, 11) is 0. The Balaban J connectivity index is 0. The Hall–Kier alpha value is -0.606. The zero-order chi connectivity index (χ0) is 6.57. The minimum atomic E-state index is -1.26. The molecule has 48 valence electrons. The molecule has 0 aliphatic heterocycles. The maximum Gasteiger partial charge on any atom is 0.328 e. The normalized spacial score (nSPS) is 8.44. The van der Waals surface area contributed by atoms with Crippen molar-refractivity contribution < 1.29 is 41.5 Å². The monoisotopic (exact) mass is 164 g/mol. The second-order valence-electron chi connectivity index (χ2n) is 1.01. The van der Waals surface area contributed by atoms with Gasteiger partial charge in [0.15, 0.2) is 0 Å². The van der Waals surface area contributed by atoms with Gasteiger partial charge in [-0.1, -0.05) is 0 Å². The minimum Gasteiger partial charge on any atom is -0.478 e. The molecule has 4 nitrogen and oxygen atoms in total. The fraction of sp³-hybridized carbons (Fsp3) is 0. The summed E-state index contributed by atoms with van der Waals surface area (Å²) in [6, 6.07) is 0. The number of carboxylic acid groups (broad SMARTS) is 2. The molecule has 0 saturated heterocycles. The Morgan fingerprint density at radius 3 is 1.33 bits per heavy atom. The smallest absolute Gasteiger partial charge is 0.328 e. The summed E-state index contributed by atoms with van der Waals surface area (Å²) in [4.78, 5) is 19.1. The third-order valence-electron chi connectivity index (χ3n) is 0.368. The molecule has 0 atom stereocenters. The summed E-state index contributed by atoms with van der Waals surface area (Å²) in [5.74, 6) is -2.51. The molecular weight excluding hydrogens is 160 g/mol. The van der Waals surface area contributed by atoms with Crippen LogP contribution in [0.3, 0.4) is 0 Å². The van der Waals surface area contributed by atoms with E-state index in [4.69, 9.17) is 10.2 Å². The quantitative estimate of drug-likeness (QED) is 0.434.